The van der Waals surface area contributed by atoms with Gasteiger partial charge in [0.1, 0.15) is 5.82 Å². The van der Waals surface area contributed by atoms with Crippen LogP contribution < -0.4 is 0 Å². The Balaban J connectivity index is 1.90. The van der Waals surface area contributed by atoms with Gasteiger partial charge in [0, 0.05) is 17.6 Å². The lowest BCUT2D eigenvalue weighted by atomic mass is 9.80. The Hall–Kier alpha value is -1.37. The molecule has 0 saturated carbocycles. The minimum atomic E-state index is -1.04. The van der Waals surface area contributed by atoms with Crippen molar-refractivity contribution in [2.75, 3.05) is 6.54 Å². The van der Waals surface area contributed by atoms with Gasteiger partial charge in [-0.1, -0.05) is 24.1 Å². The smallest absolute Gasteiger partial charge is 0.129 e. The van der Waals surface area contributed by atoms with Gasteiger partial charge in [0.25, 0.3) is 0 Å². The standard InChI is InChI=1S/C16H18FNO/c1-2-9-18-12-7-8-13(18)11-16(19,10-12)14-5-3-4-6-15(14)17/h1,3-6,12-13,19H,7-11H2. The lowest BCUT2D eigenvalue weighted by molar-refractivity contribution is -0.0552. The number of hydrogen-bond donors (Lipinski definition) is 1. The molecule has 0 spiro atoms. The lowest BCUT2D eigenvalue weighted by Crippen LogP contribution is -2.49. The first-order chi connectivity index (χ1) is 9.14. The highest BCUT2D eigenvalue weighted by Gasteiger charge is 2.48. The number of piperidine rings is 1. The van der Waals surface area contributed by atoms with E-state index in [1.807, 2.05) is 0 Å². The highest BCUT2D eigenvalue weighted by atomic mass is 19.1. The van der Waals surface area contributed by atoms with Crippen molar-refractivity contribution < 1.29 is 9.50 Å². The number of hydrogen-bond acceptors (Lipinski definition) is 2. The van der Waals surface area contributed by atoms with Crippen LogP contribution in [0.15, 0.2) is 24.3 Å². The topological polar surface area (TPSA) is 23.5 Å². The molecular weight excluding hydrogens is 241 g/mol. The van der Waals surface area contributed by atoms with E-state index < -0.39 is 5.60 Å². The number of benzene rings is 1. The molecule has 19 heavy (non-hydrogen) atoms. The molecule has 3 rings (SSSR count). The summed E-state index contributed by atoms with van der Waals surface area (Å²) >= 11 is 0. The van der Waals surface area contributed by atoms with Crippen molar-refractivity contribution >= 4 is 0 Å². The van der Waals surface area contributed by atoms with Crippen molar-refractivity contribution in [1.82, 2.24) is 4.90 Å². The first kappa shape index (κ1) is 12.7. The molecule has 2 aliphatic rings. The van der Waals surface area contributed by atoms with Gasteiger partial charge in [0.05, 0.1) is 12.1 Å². The van der Waals surface area contributed by atoms with Crippen molar-refractivity contribution in [3.63, 3.8) is 0 Å². The summed E-state index contributed by atoms with van der Waals surface area (Å²) in [4.78, 5) is 2.29. The zero-order chi connectivity index (χ0) is 13.5. The van der Waals surface area contributed by atoms with Crippen LogP contribution in [0.5, 0.6) is 0 Å². The van der Waals surface area contributed by atoms with Crippen LogP contribution >= 0.6 is 0 Å². The van der Waals surface area contributed by atoms with Crippen molar-refractivity contribution in [2.45, 2.75) is 43.4 Å². The van der Waals surface area contributed by atoms with Crippen LogP contribution in [0.25, 0.3) is 0 Å². The molecule has 2 atom stereocenters. The molecule has 0 amide bonds. The maximum atomic E-state index is 13.9. The van der Waals surface area contributed by atoms with E-state index in [4.69, 9.17) is 6.42 Å². The van der Waals surface area contributed by atoms with Gasteiger partial charge in [0.15, 0.2) is 0 Å². The highest BCUT2D eigenvalue weighted by molar-refractivity contribution is 5.27. The molecule has 2 bridgehead atoms. The number of nitrogens with zero attached hydrogens (tertiary/aromatic N) is 1. The third-order valence-electron chi connectivity index (χ3n) is 4.57. The van der Waals surface area contributed by atoms with Gasteiger partial charge in [-0.05, 0) is 31.7 Å². The Morgan fingerprint density at radius 3 is 2.53 bits per heavy atom. The zero-order valence-electron chi connectivity index (χ0n) is 10.8. The molecule has 2 nitrogen and oxygen atoms in total. The van der Waals surface area contributed by atoms with E-state index in [1.165, 1.54) is 6.07 Å². The molecule has 2 heterocycles. The fourth-order valence-electron chi connectivity index (χ4n) is 3.74. The number of aliphatic hydroxyl groups is 1. The maximum absolute atomic E-state index is 13.9. The second kappa shape index (κ2) is 4.63. The molecule has 2 unspecified atom stereocenters. The van der Waals surface area contributed by atoms with Crippen LogP contribution in [0.3, 0.4) is 0 Å². The minimum absolute atomic E-state index is 0.277. The van der Waals surface area contributed by atoms with Crippen molar-refractivity contribution in [2.24, 2.45) is 0 Å². The van der Waals surface area contributed by atoms with E-state index >= 15 is 0 Å². The van der Waals surface area contributed by atoms with Crippen LogP contribution in [-0.2, 0) is 5.60 Å². The zero-order valence-corrected chi connectivity index (χ0v) is 10.8. The normalized spacial score (nSPS) is 34.2. The Labute approximate surface area is 113 Å². The van der Waals surface area contributed by atoms with Crippen LogP contribution in [0, 0.1) is 18.2 Å². The number of halogens is 1. The van der Waals surface area contributed by atoms with Crippen molar-refractivity contribution in [3.05, 3.63) is 35.6 Å². The Morgan fingerprint density at radius 2 is 1.95 bits per heavy atom. The van der Waals surface area contributed by atoms with Gasteiger partial charge < -0.3 is 5.11 Å². The van der Waals surface area contributed by atoms with Gasteiger partial charge in [-0.15, -0.1) is 6.42 Å². The minimum Gasteiger partial charge on any atom is -0.385 e. The molecule has 2 saturated heterocycles. The average molecular weight is 259 g/mol. The fourth-order valence-corrected chi connectivity index (χ4v) is 3.74. The first-order valence-electron chi connectivity index (χ1n) is 6.80. The molecule has 0 aliphatic carbocycles. The molecule has 0 aromatic heterocycles. The van der Waals surface area contributed by atoms with Gasteiger partial charge >= 0.3 is 0 Å². The van der Waals surface area contributed by atoms with E-state index in [0.717, 1.165) is 12.8 Å². The third-order valence-corrected chi connectivity index (χ3v) is 4.57. The van der Waals surface area contributed by atoms with E-state index in [0.29, 0.717) is 24.9 Å². The maximum Gasteiger partial charge on any atom is 0.129 e. The number of terminal acetylenes is 1. The molecule has 0 radical (unpaired) electrons. The van der Waals surface area contributed by atoms with E-state index in [2.05, 4.69) is 10.8 Å². The van der Waals surface area contributed by atoms with E-state index in [9.17, 15) is 9.50 Å². The Kier molecular flexibility index (Phi) is 3.08. The second-order valence-corrected chi connectivity index (χ2v) is 5.68. The molecule has 1 aromatic rings. The first-order valence-corrected chi connectivity index (χ1v) is 6.80. The Morgan fingerprint density at radius 1 is 1.32 bits per heavy atom. The average Bonchev–Trinajstić information content (AvgIpc) is 2.64. The van der Waals surface area contributed by atoms with Crippen LogP contribution in [0.2, 0.25) is 0 Å². The van der Waals surface area contributed by atoms with Gasteiger partial charge in [-0.3, -0.25) is 4.90 Å². The lowest BCUT2D eigenvalue weighted by Gasteiger charge is -2.43. The molecular formula is C16H18FNO. The molecule has 1 N–H and O–H groups in total. The predicted molar refractivity (Wildman–Crippen MR) is 71.9 cm³/mol. The summed E-state index contributed by atoms with van der Waals surface area (Å²) in [5.74, 6) is 2.38. The molecule has 2 fully saturated rings. The largest absolute Gasteiger partial charge is 0.385 e. The van der Waals surface area contributed by atoms with Crippen molar-refractivity contribution in [3.8, 4) is 12.3 Å². The molecule has 2 aliphatic heterocycles. The van der Waals surface area contributed by atoms with Crippen LogP contribution in [-0.4, -0.2) is 28.6 Å². The summed E-state index contributed by atoms with van der Waals surface area (Å²) in [6.45, 7) is 0.628. The number of fused-ring (bicyclic) bond motifs is 2. The number of rotatable bonds is 2. The summed E-state index contributed by atoms with van der Waals surface area (Å²) in [5, 5.41) is 10.9. The SMILES string of the molecule is C#CCN1C2CCC1CC(O)(c1ccccc1F)C2. The monoisotopic (exact) mass is 259 g/mol. The summed E-state index contributed by atoms with van der Waals surface area (Å²) in [5.41, 5.74) is -0.602. The van der Waals surface area contributed by atoms with Gasteiger partial charge in [-0.2, -0.15) is 0 Å². The van der Waals surface area contributed by atoms with Gasteiger partial charge in [0.2, 0.25) is 0 Å². The molecule has 1 aromatic carbocycles. The molecule has 3 heteroatoms. The Bertz CT molecular complexity index is 508. The van der Waals surface area contributed by atoms with E-state index in [1.54, 1.807) is 18.2 Å². The summed E-state index contributed by atoms with van der Waals surface area (Å²) in [6.07, 6.45) is 8.64. The second-order valence-electron chi connectivity index (χ2n) is 5.68. The van der Waals surface area contributed by atoms with Gasteiger partial charge in [-0.25, -0.2) is 4.39 Å². The quantitative estimate of drug-likeness (QED) is 0.824. The third kappa shape index (κ3) is 2.05. The summed E-state index contributed by atoms with van der Waals surface area (Å²) in [7, 11) is 0. The van der Waals surface area contributed by atoms with Crippen LogP contribution in [0.1, 0.15) is 31.2 Å². The van der Waals surface area contributed by atoms with Crippen LogP contribution in [0.4, 0.5) is 4.39 Å². The van der Waals surface area contributed by atoms with Crippen molar-refractivity contribution in [1.29, 1.82) is 0 Å². The van der Waals surface area contributed by atoms with E-state index in [-0.39, 0.29) is 17.9 Å². The predicted octanol–water partition coefficient (Wildman–Crippen LogP) is 2.27. The highest BCUT2D eigenvalue weighted by Crippen LogP contribution is 2.45. The molecule has 100 valence electrons. The fraction of sp³-hybridized carbons (Fsp3) is 0.500. The summed E-state index contributed by atoms with van der Waals surface area (Å²) in [6, 6.07) is 7.11. The summed E-state index contributed by atoms with van der Waals surface area (Å²) < 4.78 is 13.9.